The van der Waals surface area contributed by atoms with E-state index in [1.54, 1.807) is 6.92 Å². The lowest BCUT2D eigenvalue weighted by Gasteiger charge is -2.35. The summed E-state index contributed by atoms with van der Waals surface area (Å²) < 4.78 is 27.2. The van der Waals surface area contributed by atoms with Gasteiger partial charge in [0.15, 0.2) is 0 Å². The second-order valence-electron chi connectivity index (χ2n) is 6.55. The highest BCUT2D eigenvalue weighted by Gasteiger charge is 2.21. The van der Waals surface area contributed by atoms with Gasteiger partial charge in [0.1, 0.15) is 0 Å². The minimum absolute atomic E-state index is 0.0609. The van der Waals surface area contributed by atoms with Crippen molar-refractivity contribution >= 4 is 15.7 Å². The lowest BCUT2D eigenvalue weighted by atomic mass is 10.00. The summed E-state index contributed by atoms with van der Waals surface area (Å²) in [5.41, 5.74) is 0.265. The van der Waals surface area contributed by atoms with Gasteiger partial charge in [0.25, 0.3) is 5.69 Å². The normalized spacial score (nSPS) is 19.0. The van der Waals surface area contributed by atoms with Gasteiger partial charge in [-0.2, -0.15) is 0 Å². The summed E-state index contributed by atoms with van der Waals surface area (Å²) in [6, 6.07) is 4.59. The molecule has 7 nitrogen and oxygen atoms in total. The minimum Gasteiger partial charge on any atom is -0.300 e. The predicted molar refractivity (Wildman–Crippen MR) is 97.1 cm³/mol. The van der Waals surface area contributed by atoms with Crippen molar-refractivity contribution in [3.63, 3.8) is 0 Å². The second kappa shape index (κ2) is 8.73. The van der Waals surface area contributed by atoms with Crippen molar-refractivity contribution in [1.82, 2.24) is 9.62 Å². The van der Waals surface area contributed by atoms with Crippen LogP contribution in [0.4, 0.5) is 5.69 Å². The number of hydrogen-bond acceptors (Lipinski definition) is 5. The van der Waals surface area contributed by atoms with Crippen molar-refractivity contribution in [3.05, 3.63) is 33.9 Å². The molecule has 0 bridgehead atoms. The molecular formula is C17H27N3O4S. The molecule has 0 spiro atoms. The van der Waals surface area contributed by atoms with Gasteiger partial charge in [0.05, 0.1) is 9.82 Å². The maximum Gasteiger partial charge on any atom is 0.273 e. The van der Waals surface area contributed by atoms with Crippen molar-refractivity contribution < 1.29 is 13.3 Å². The van der Waals surface area contributed by atoms with Crippen molar-refractivity contribution in [2.24, 2.45) is 0 Å². The Morgan fingerprint density at radius 1 is 1.36 bits per heavy atom. The van der Waals surface area contributed by atoms with Crippen LogP contribution in [0.1, 0.15) is 44.6 Å². The standard InChI is InChI=1S/C17H27N3O4S/c1-3-15-7-4-5-11-19(15)12-6-10-18-25(23,24)16-9-8-14(2)17(13-16)20(21)22/h8-9,13,15,18H,3-7,10-12H2,1-2H3/t15-/m0/s1. The topological polar surface area (TPSA) is 92.6 Å². The number of benzene rings is 1. The average molecular weight is 369 g/mol. The van der Waals surface area contributed by atoms with Crippen LogP contribution in [-0.4, -0.2) is 43.9 Å². The number of hydrogen-bond donors (Lipinski definition) is 1. The molecule has 0 amide bonds. The Labute approximate surface area is 149 Å². The van der Waals surface area contributed by atoms with Crippen LogP contribution < -0.4 is 4.72 Å². The monoisotopic (exact) mass is 369 g/mol. The third kappa shape index (κ3) is 5.23. The maximum atomic E-state index is 12.3. The van der Waals surface area contributed by atoms with Crippen LogP contribution in [0, 0.1) is 17.0 Å². The summed E-state index contributed by atoms with van der Waals surface area (Å²) in [7, 11) is -3.73. The third-order valence-electron chi connectivity index (χ3n) is 4.82. The van der Waals surface area contributed by atoms with Crippen molar-refractivity contribution in [3.8, 4) is 0 Å². The van der Waals surface area contributed by atoms with Gasteiger partial charge in [-0.3, -0.25) is 10.1 Å². The predicted octanol–water partition coefficient (Wildman–Crippen LogP) is 2.84. The molecule has 1 N–H and O–H groups in total. The zero-order valence-electron chi connectivity index (χ0n) is 14.9. The van der Waals surface area contributed by atoms with Crippen molar-refractivity contribution in [2.45, 2.75) is 56.9 Å². The van der Waals surface area contributed by atoms with E-state index in [1.807, 2.05) is 0 Å². The fourth-order valence-electron chi connectivity index (χ4n) is 3.34. The average Bonchev–Trinajstić information content (AvgIpc) is 2.59. The molecule has 1 aromatic carbocycles. The molecule has 1 aliphatic heterocycles. The van der Waals surface area contributed by atoms with Crippen LogP contribution in [0.3, 0.4) is 0 Å². The van der Waals surface area contributed by atoms with Crippen LogP contribution >= 0.6 is 0 Å². The van der Waals surface area contributed by atoms with Gasteiger partial charge in [-0.1, -0.05) is 19.4 Å². The molecule has 0 unspecified atom stereocenters. The first-order valence-corrected chi connectivity index (χ1v) is 10.3. The first-order chi connectivity index (χ1) is 11.8. The zero-order chi connectivity index (χ0) is 18.4. The lowest BCUT2D eigenvalue weighted by Crippen LogP contribution is -2.40. The van der Waals surface area contributed by atoms with E-state index in [2.05, 4.69) is 16.5 Å². The van der Waals surface area contributed by atoms with Crippen LogP contribution in [0.15, 0.2) is 23.1 Å². The molecular weight excluding hydrogens is 342 g/mol. The molecule has 1 heterocycles. The maximum absolute atomic E-state index is 12.3. The number of aryl methyl sites for hydroxylation is 1. The number of likely N-dealkylation sites (tertiary alicyclic amines) is 1. The molecule has 25 heavy (non-hydrogen) atoms. The molecule has 0 aliphatic carbocycles. The first-order valence-electron chi connectivity index (χ1n) is 8.84. The lowest BCUT2D eigenvalue weighted by molar-refractivity contribution is -0.385. The molecule has 1 fully saturated rings. The van der Waals surface area contributed by atoms with E-state index in [9.17, 15) is 18.5 Å². The van der Waals surface area contributed by atoms with Crippen LogP contribution in [0.25, 0.3) is 0 Å². The van der Waals surface area contributed by atoms with E-state index in [-0.39, 0.29) is 10.6 Å². The molecule has 8 heteroatoms. The molecule has 0 radical (unpaired) electrons. The van der Waals surface area contributed by atoms with Gasteiger partial charge in [0, 0.05) is 24.2 Å². The van der Waals surface area contributed by atoms with Gasteiger partial charge < -0.3 is 4.90 Å². The highest BCUT2D eigenvalue weighted by atomic mass is 32.2. The van der Waals surface area contributed by atoms with Gasteiger partial charge in [-0.25, -0.2) is 13.1 Å². The molecule has 0 saturated carbocycles. The fraction of sp³-hybridized carbons (Fsp3) is 0.647. The number of nitrogens with zero attached hydrogens (tertiary/aromatic N) is 2. The van der Waals surface area contributed by atoms with E-state index in [0.29, 0.717) is 18.2 Å². The first kappa shape index (κ1) is 19.8. The SMILES string of the molecule is CC[C@H]1CCCCN1CCCNS(=O)(=O)c1ccc(C)c([N+](=O)[O-])c1. The van der Waals surface area contributed by atoms with Gasteiger partial charge in [-0.05, 0) is 51.8 Å². The number of nitro groups is 1. The van der Waals surface area contributed by atoms with Gasteiger partial charge in [0.2, 0.25) is 10.0 Å². The van der Waals surface area contributed by atoms with Gasteiger partial charge >= 0.3 is 0 Å². The van der Waals surface area contributed by atoms with Crippen LogP contribution in [0.2, 0.25) is 0 Å². The quantitative estimate of drug-likeness (QED) is 0.432. The number of sulfonamides is 1. The smallest absolute Gasteiger partial charge is 0.273 e. The Bertz CT molecular complexity index is 706. The van der Waals surface area contributed by atoms with Crippen molar-refractivity contribution in [2.75, 3.05) is 19.6 Å². The van der Waals surface area contributed by atoms with Crippen molar-refractivity contribution in [1.29, 1.82) is 0 Å². The number of piperidine rings is 1. The Kier molecular flexibility index (Phi) is 6.92. The number of rotatable bonds is 8. The highest BCUT2D eigenvalue weighted by molar-refractivity contribution is 7.89. The van der Waals surface area contributed by atoms with Crippen LogP contribution in [0.5, 0.6) is 0 Å². The Morgan fingerprint density at radius 3 is 2.80 bits per heavy atom. The van der Waals surface area contributed by atoms with E-state index in [0.717, 1.165) is 32.0 Å². The second-order valence-corrected chi connectivity index (χ2v) is 8.32. The van der Waals surface area contributed by atoms with E-state index < -0.39 is 14.9 Å². The number of nitrogens with one attached hydrogen (secondary N) is 1. The summed E-state index contributed by atoms with van der Waals surface area (Å²) in [6.45, 7) is 6.06. The molecule has 0 aromatic heterocycles. The highest BCUT2D eigenvalue weighted by Crippen LogP contribution is 2.22. The van der Waals surface area contributed by atoms with E-state index >= 15 is 0 Å². The Hall–Kier alpha value is -1.51. The molecule has 1 aromatic rings. The Balaban J connectivity index is 1.91. The molecule has 2 rings (SSSR count). The minimum atomic E-state index is -3.73. The number of nitro benzene ring substituents is 1. The molecule has 1 atom stereocenters. The van der Waals surface area contributed by atoms with E-state index in [4.69, 9.17) is 0 Å². The van der Waals surface area contributed by atoms with Crippen LogP contribution in [-0.2, 0) is 10.0 Å². The summed E-state index contributed by atoms with van der Waals surface area (Å²) in [5, 5.41) is 11.0. The molecule has 1 saturated heterocycles. The summed E-state index contributed by atoms with van der Waals surface area (Å²) in [5.74, 6) is 0. The largest absolute Gasteiger partial charge is 0.300 e. The van der Waals surface area contributed by atoms with Gasteiger partial charge in [-0.15, -0.1) is 0 Å². The van der Waals surface area contributed by atoms with E-state index in [1.165, 1.54) is 31.4 Å². The zero-order valence-corrected chi connectivity index (χ0v) is 15.7. The summed E-state index contributed by atoms with van der Waals surface area (Å²) >= 11 is 0. The summed E-state index contributed by atoms with van der Waals surface area (Å²) in [4.78, 5) is 12.8. The molecule has 140 valence electrons. The molecule has 1 aliphatic rings. The summed E-state index contributed by atoms with van der Waals surface area (Å²) in [6.07, 6.45) is 5.54. The fourth-order valence-corrected chi connectivity index (χ4v) is 4.44. The third-order valence-corrected chi connectivity index (χ3v) is 6.28. The Morgan fingerprint density at radius 2 is 2.12 bits per heavy atom.